The van der Waals surface area contributed by atoms with Gasteiger partial charge in [-0.25, -0.2) is 0 Å². The van der Waals surface area contributed by atoms with E-state index in [1.165, 1.54) is 48.3 Å². The fraction of sp³-hybridized carbons (Fsp3) is 0.500. The van der Waals surface area contributed by atoms with Crippen LogP contribution in [0.3, 0.4) is 0 Å². The number of anilines is 3. The number of carbonyl (C=O) groups excluding carboxylic acids is 2. The second-order valence-corrected chi connectivity index (χ2v) is 14.0. The number of hydrogen-bond acceptors (Lipinski definition) is 14. The summed E-state index contributed by atoms with van der Waals surface area (Å²) >= 11 is 3.46. The molecule has 2 aliphatic heterocycles. The number of benzene rings is 2. The average Bonchev–Trinajstić information content (AvgIpc) is 3.88. The summed E-state index contributed by atoms with van der Waals surface area (Å²) in [5.74, 6) is 0.961. The fourth-order valence-corrected chi connectivity index (χ4v) is 8.17. The summed E-state index contributed by atoms with van der Waals surface area (Å²) in [6.07, 6.45) is 6.97. The molecule has 4 heterocycles. The Labute approximate surface area is 303 Å². The Bertz CT molecular complexity index is 1560. The smallest absolute Gasteiger partial charge is 0.205 e. The van der Waals surface area contributed by atoms with Crippen molar-refractivity contribution >= 4 is 52.3 Å². The maximum Gasteiger partial charge on any atom is 0.205 e. The third-order valence-corrected chi connectivity index (χ3v) is 10.9. The first-order valence-corrected chi connectivity index (χ1v) is 18.8. The molecule has 12 nitrogen and oxygen atoms in total. The Morgan fingerprint density at radius 3 is 1.92 bits per heavy atom. The average molecular weight is 723 g/mol. The molecule has 0 radical (unpaired) electrons. The van der Waals surface area contributed by atoms with Crippen molar-refractivity contribution in [3.63, 3.8) is 0 Å². The van der Waals surface area contributed by atoms with Crippen LogP contribution in [0.2, 0.25) is 0 Å². The molecule has 1 saturated carbocycles. The van der Waals surface area contributed by atoms with Crippen molar-refractivity contribution in [2.75, 3.05) is 81.8 Å². The van der Waals surface area contributed by atoms with Crippen LogP contribution in [0.25, 0.3) is 0 Å². The van der Waals surface area contributed by atoms with Crippen molar-refractivity contribution in [2.24, 2.45) is 5.73 Å². The molecule has 270 valence electrons. The lowest BCUT2D eigenvalue weighted by Crippen LogP contribution is -2.36. The fourth-order valence-electron chi connectivity index (χ4n) is 6.30. The highest BCUT2D eigenvalue weighted by molar-refractivity contribution is 7.15. The Kier molecular flexibility index (Phi) is 16.7. The number of morpholine rings is 2. The van der Waals surface area contributed by atoms with Crippen LogP contribution in [0.15, 0.2) is 48.5 Å². The van der Waals surface area contributed by atoms with Crippen molar-refractivity contribution in [3.05, 3.63) is 74.7 Å². The van der Waals surface area contributed by atoms with Crippen molar-refractivity contribution in [3.8, 4) is 0 Å². The number of hydrogen-bond donors (Lipinski definition) is 2. The summed E-state index contributed by atoms with van der Waals surface area (Å²) < 4.78 is 10.8. The normalized spacial score (nSPS) is 18.7. The van der Waals surface area contributed by atoms with Crippen molar-refractivity contribution < 1.29 is 19.1 Å². The number of aldehydes is 1. The van der Waals surface area contributed by atoms with E-state index >= 15 is 0 Å². The van der Waals surface area contributed by atoms with Gasteiger partial charge in [-0.05, 0) is 61.7 Å². The highest BCUT2D eigenvalue weighted by atomic mass is 32.1. The third-order valence-electron chi connectivity index (χ3n) is 8.76. The van der Waals surface area contributed by atoms with Crippen molar-refractivity contribution in [1.82, 2.24) is 20.4 Å². The van der Waals surface area contributed by atoms with Gasteiger partial charge in [0.25, 0.3) is 0 Å². The largest absolute Gasteiger partial charge is 0.378 e. The molecule has 0 spiro atoms. The number of nitrogens with one attached hydrogen (secondary N) is 1. The van der Waals surface area contributed by atoms with Crippen molar-refractivity contribution in [2.45, 2.75) is 50.4 Å². The first kappa shape index (κ1) is 39.0. The third kappa shape index (κ3) is 11.4. The van der Waals surface area contributed by atoms with Gasteiger partial charge in [0.15, 0.2) is 0 Å². The maximum atomic E-state index is 10.4. The van der Waals surface area contributed by atoms with E-state index in [9.17, 15) is 4.79 Å². The minimum absolute atomic E-state index is 0.478. The van der Waals surface area contributed by atoms with Gasteiger partial charge in [-0.1, -0.05) is 42.0 Å². The van der Waals surface area contributed by atoms with Crippen LogP contribution in [0, 0.1) is 0 Å². The van der Waals surface area contributed by atoms with E-state index in [1.54, 1.807) is 22.7 Å². The SMILES string of the molecule is C=O.CN.CNc1nnc([C@H]2CCCC(c3nnc(Cc4cccc(N5CCOCC5)c4)s3)C2)s1.O=CCc1cccc(N2CCOCC2)c1. The summed E-state index contributed by atoms with van der Waals surface area (Å²) in [7, 11) is 3.40. The lowest BCUT2D eigenvalue weighted by atomic mass is 9.82. The minimum atomic E-state index is 0.478. The molecule has 3 fully saturated rings. The molecule has 1 aliphatic carbocycles. The number of rotatable bonds is 9. The first-order chi connectivity index (χ1) is 24.7. The van der Waals surface area contributed by atoms with E-state index in [4.69, 9.17) is 14.3 Å². The van der Waals surface area contributed by atoms with E-state index < -0.39 is 0 Å². The highest BCUT2D eigenvalue weighted by Crippen LogP contribution is 2.43. The molecule has 0 bridgehead atoms. The van der Waals surface area contributed by atoms with E-state index in [-0.39, 0.29) is 0 Å². The van der Waals surface area contributed by atoms with Crippen LogP contribution < -0.4 is 20.9 Å². The molecule has 4 aromatic rings. The molecule has 14 heteroatoms. The number of ether oxygens (including phenoxy) is 2. The summed E-state index contributed by atoms with van der Waals surface area (Å²) in [4.78, 5) is 23.1. The highest BCUT2D eigenvalue weighted by Gasteiger charge is 2.29. The Morgan fingerprint density at radius 2 is 1.36 bits per heavy atom. The summed E-state index contributed by atoms with van der Waals surface area (Å²) in [5, 5.41) is 25.2. The molecule has 0 amide bonds. The molecule has 3 aliphatic rings. The Morgan fingerprint density at radius 1 is 0.820 bits per heavy atom. The number of carbonyl (C=O) groups is 2. The van der Waals surface area contributed by atoms with E-state index in [0.29, 0.717) is 18.3 Å². The van der Waals surface area contributed by atoms with Gasteiger partial charge >= 0.3 is 0 Å². The summed E-state index contributed by atoms with van der Waals surface area (Å²) in [6, 6.07) is 17.0. The molecule has 7 rings (SSSR count). The molecule has 1 unspecified atom stereocenters. The Balaban J connectivity index is 0.000000248. The van der Waals surface area contributed by atoms with Gasteiger partial charge in [-0.15, -0.1) is 31.7 Å². The van der Waals surface area contributed by atoms with Crippen LogP contribution in [0.1, 0.15) is 63.7 Å². The van der Waals surface area contributed by atoms with Gasteiger partial charge < -0.3 is 39.9 Å². The first-order valence-electron chi connectivity index (χ1n) is 17.2. The number of nitrogens with zero attached hydrogens (tertiary/aromatic N) is 6. The Hall–Kier alpha value is -3.82. The molecular formula is C36H50N8O4S2. The van der Waals surface area contributed by atoms with Gasteiger partial charge in [-0.2, -0.15) is 0 Å². The predicted octanol–water partition coefficient (Wildman–Crippen LogP) is 4.95. The zero-order chi connectivity index (χ0) is 35.6. The van der Waals surface area contributed by atoms with Crippen LogP contribution in [0.5, 0.6) is 0 Å². The lowest BCUT2D eigenvalue weighted by Gasteiger charge is -2.29. The monoisotopic (exact) mass is 722 g/mol. The summed E-state index contributed by atoms with van der Waals surface area (Å²) in [6.45, 7) is 8.98. The second-order valence-electron chi connectivity index (χ2n) is 11.9. The standard InChI is InChI=1S/C22H28N6OS2.C12H15NO2.CH5N.CH2O/c1-23-22-27-26-21(31-22)17-6-3-5-16(14-17)20-25-24-19(30-20)13-15-4-2-7-18(12-15)28-8-10-29-11-9-28;14-7-4-11-2-1-3-12(10-11)13-5-8-15-9-6-13;2*1-2/h2,4,7,12,16-17H,3,5-6,8-11,13-14H2,1H3,(H,23,27);1-3,7,10H,4-6,8-9H2;2H2,1H3;1H2/t16?,17-;;;/m0.../s1. The minimum Gasteiger partial charge on any atom is -0.378 e. The van der Waals surface area contributed by atoms with Gasteiger partial charge in [0, 0.05) is 69.3 Å². The van der Waals surface area contributed by atoms with Crippen LogP contribution in [0.4, 0.5) is 16.5 Å². The van der Waals surface area contributed by atoms with Crippen LogP contribution in [-0.4, -0.2) is 100 Å². The molecule has 3 N–H and O–H groups in total. The van der Waals surface area contributed by atoms with Gasteiger partial charge in [0.05, 0.1) is 26.4 Å². The molecule has 2 atom stereocenters. The van der Waals surface area contributed by atoms with Gasteiger partial charge in [-0.3, -0.25) is 0 Å². The number of nitrogens with two attached hydrogens (primary N) is 1. The second kappa shape index (κ2) is 21.4. The van der Waals surface area contributed by atoms with Crippen molar-refractivity contribution in [1.29, 1.82) is 0 Å². The zero-order valence-electron chi connectivity index (χ0n) is 29.2. The molecule has 2 saturated heterocycles. The van der Waals surface area contributed by atoms with E-state index in [2.05, 4.69) is 77.6 Å². The maximum absolute atomic E-state index is 10.4. The van der Waals surface area contributed by atoms with E-state index in [1.807, 2.05) is 26.0 Å². The summed E-state index contributed by atoms with van der Waals surface area (Å²) in [5.41, 5.74) is 9.34. The van der Waals surface area contributed by atoms with Gasteiger partial charge in [0.2, 0.25) is 5.13 Å². The quantitative estimate of drug-likeness (QED) is 0.225. The molecular weight excluding hydrogens is 673 g/mol. The number of aromatic nitrogens is 4. The van der Waals surface area contributed by atoms with Crippen LogP contribution >= 0.6 is 22.7 Å². The van der Waals surface area contributed by atoms with E-state index in [0.717, 1.165) is 92.4 Å². The van der Waals surface area contributed by atoms with Gasteiger partial charge in [0.1, 0.15) is 28.1 Å². The topological polar surface area (TPSA) is 149 Å². The molecule has 50 heavy (non-hydrogen) atoms. The zero-order valence-corrected chi connectivity index (χ0v) is 30.8. The van der Waals surface area contributed by atoms with Crippen LogP contribution in [-0.2, 0) is 31.9 Å². The molecule has 2 aromatic heterocycles. The predicted molar refractivity (Wildman–Crippen MR) is 202 cm³/mol. The lowest BCUT2D eigenvalue weighted by molar-refractivity contribution is -0.107. The molecule has 2 aromatic carbocycles.